The molecule has 0 aromatic carbocycles. The number of aromatic carboxylic acids is 1. The van der Waals surface area contributed by atoms with Gasteiger partial charge < -0.3 is 14.4 Å². The number of nitrogens with zero attached hydrogens (tertiary/aromatic N) is 1. The summed E-state index contributed by atoms with van der Waals surface area (Å²) in [5.74, 6) is -0.602. The molecule has 1 N–H and O–H groups in total. The van der Waals surface area contributed by atoms with E-state index in [4.69, 9.17) is 9.52 Å². The van der Waals surface area contributed by atoms with Gasteiger partial charge in [0.15, 0.2) is 0 Å². The zero-order chi connectivity index (χ0) is 11.5. The molecule has 1 fully saturated rings. The molecule has 1 aromatic heterocycles. The summed E-state index contributed by atoms with van der Waals surface area (Å²) >= 11 is 0. The van der Waals surface area contributed by atoms with Gasteiger partial charge in [-0.05, 0) is 18.9 Å². The summed E-state index contributed by atoms with van der Waals surface area (Å²) in [5.41, 5.74) is 0.137. The Morgan fingerprint density at radius 2 is 2.31 bits per heavy atom. The van der Waals surface area contributed by atoms with Gasteiger partial charge in [-0.2, -0.15) is 0 Å². The SMILES string of the molecule is O=C(O)c1ccoc1CN1CCCCC1=O. The van der Waals surface area contributed by atoms with Crippen LogP contribution in [0.2, 0.25) is 0 Å². The highest BCUT2D eigenvalue weighted by atomic mass is 16.4. The van der Waals surface area contributed by atoms with Gasteiger partial charge in [-0.25, -0.2) is 4.79 Å². The first-order chi connectivity index (χ1) is 7.68. The van der Waals surface area contributed by atoms with E-state index in [1.54, 1.807) is 4.90 Å². The number of amides is 1. The molecule has 5 nitrogen and oxygen atoms in total. The molecule has 0 aliphatic carbocycles. The molecule has 5 heteroatoms. The van der Waals surface area contributed by atoms with Crippen LogP contribution in [0.15, 0.2) is 16.7 Å². The van der Waals surface area contributed by atoms with E-state index in [1.807, 2.05) is 0 Å². The third kappa shape index (κ3) is 2.08. The number of carboxylic acid groups (broad SMARTS) is 1. The average molecular weight is 223 g/mol. The predicted octanol–water partition coefficient (Wildman–Crippen LogP) is 1.49. The van der Waals surface area contributed by atoms with Gasteiger partial charge >= 0.3 is 5.97 Å². The first kappa shape index (κ1) is 10.7. The second-order valence-corrected chi connectivity index (χ2v) is 3.84. The van der Waals surface area contributed by atoms with E-state index in [0.29, 0.717) is 18.7 Å². The maximum Gasteiger partial charge on any atom is 0.339 e. The van der Waals surface area contributed by atoms with E-state index in [2.05, 4.69) is 0 Å². The van der Waals surface area contributed by atoms with Crippen molar-refractivity contribution in [3.63, 3.8) is 0 Å². The lowest BCUT2D eigenvalue weighted by atomic mass is 10.1. The van der Waals surface area contributed by atoms with Gasteiger partial charge in [-0.15, -0.1) is 0 Å². The molecular weight excluding hydrogens is 210 g/mol. The number of hydrogen-bond acceptors (Lipinski definition) is 3. The molecule has 2 rings (SSSR count). The Morgan fingerprint density at radius 1 is 1.50 bits per heavy atom. The summed E-state index contributed by atoms with van der Waals surface area (Å²) < 4.78 is 5.10. The third-order valence-corrected chi connectivity index (χ3v) is 2.73. The molecule has 1 aliphatic heterocycles. The van der Waals surface area contributed by atoms with Crippen LogP contribution in [-0.2, 0) is 11.3 Å². The first-order valence-electron chi connectivity index (χ1n) is 5.26. The predicted molar refractivity (Wildman–Crippen MR) is 54.9 cm³/mol. The summed E-state index contributed by atoms with van der Waals surface area (Å²) in [7, 11) is 0. The number of furan rings is 1. The molecule has 1 amide bonds. The minimum atomic E-state index is -1.02. The van der Waals surface area contributed by atoms with Crippen molar-refractivity contribution in [3.05, 3.63) is 23.7 Å². The molecule has 1 aromatic rings. The molecule has 0 bridgehead atoms. The fourth-order valence-electron chi connectivity index (χ4n) is 1.86. The Bertz CT molecular complexity index is 410. The number of carboxylic acids is 1. The van der Waals surface area contributed by atoms with Gasteiger partial charge in [0.25, 0.3) is 0 Å². The van der Waals surface area contributed by atoms with E-state index in [0.717, 1.165) is 12.8 Å². The second-order valence-electron chi connectivity index (χ2n) is 3.84. The maximum absolute atomic E-state index is 11.5. The van der Waals surface area contributed by atoms with E-state index in [9.17, 15) is 9.59 Å². The summed E-state index contributed by atoms with van der Waals surface area (Å²) in [6.45, 7) is 0.937. The minimum Gasteiger partial charge on any atom is -0.478 e. The summed E-state index contributed by atoms with van der Waals surface area (Å²) in [6.07, 6.45) is 3.77. The van der Waals surface area contributed by atoms with E-state index in [1.165, 1.54) is 12.3 Å². The summed E-state index contributed by atoms with van der Waals surface area (Å²) in [5, 5.41) is 8.89. The molecular formula is C11H13NO4. The minimum absolute atomic E-state index is 0.0685. The topological polar surface area (TPSA) is 70.8 Å². The average Bonchev–Trinajstić information content (AvgIpc) is 2.69. The maximum atomic E-state index is 11.5. The van der Waals surface area contributed by atoms with Crippen molar-refractivity contribution in [3.8, 4) is 0 Å². The molecule has 0 saturated carbocycles. The lowest BCUT2D eigenvalue weighted by molar-refractivity contribution is -0.134. The standard InChI is InChI=1S/C11H13NO4/c13-10-3-1-2-5-12(10)7-9-8(11(14)15)4-6-16-9/h4,6H,1-3,5,7H2,(H,14,15). The number of likely N-dealkylation sites (tertiary alicyclic amines) is 1. The van der Waals surface area contributed by atoms with Crippen molar-refractivity contribution in [2.45, 2.75) is 25.8 Å². The molecule has 0 radical (unpaired) electrons. The van der Waals surface area contributed by atoms with Crippen molar-refractivity contribution < 1.29 is 19.1 Å². The van der Waals surface area contributed by atoms with Gasteiger partial charge in [-0.3, -0.25) is 4.79 Å². The van der Waals surface area contributed by atoms with E-state index in [-0.39, 0.29) is 18.0 Å². The van der Waals surface area contributed by atoms with Crippen LogP contribution in [0.3, 0.4) is 0 Å². The summed E-state index contributed by atoms with van der Waals surface area (Å²) in [4.78, 5) is 24.0. The van der Waals surface area contributed by atoms with Crippen molar-refractivity contribution in [2.24, 2.45) is 0 Å². The molecule has 0 unspecified atom stereocenters. The monoisotopic (exact) mass is 223 g/mol. The Labute approximate surface area is 92.7 Å². The van der Waals surface area contributed by atoms with Crippen molar-refractivity contribution in [1.29, 1.82) is 0 Å². The first-order valence-corrected chi connectivity index (χ1v) is 5.26. The number of rotatable bonds is 3. The number of carbonyl (C=O) groups is 2. The number of hydrogen-bond donors (Lipinski definition) is 1. The van der Waals surface area contributed by atoms with Crippen LogP contribution in [0.1, 0.15) is 35.4 Å². The quantitative estimate of drug-likeness (QED) is 0.842. The lowest BCUT2D eigenvalue weighted by Crippen LogP contribution is -2.34. The molecule has 2 heterocycles. The molecule has 16 heavy (non-hydrogen) atoms. The van der Waals surface area contributed by atoms with Crippen LogP contribution in [0, 0.1) is 0 Å². The van der Waals surface area contributed by atoms with Crippen molar-refractivity contribution in [1.82, 2.24) is 4.90 Å². The third-order valence-electron chi connectivity index (χ3n) is 2.73. The zero-order valence-electron chi connectivity index (χ0n) is 8.81. The largest absolute Gasteiger partial charge is 0.478 e. The zero-order valence-corrected chi connectivity index (χ0v) is 8.81. The fraction of sp³-hybridized carbons (Fsp3) is 0.455. The lowest BCUT2D eigenvalue weighted by Gasteiger charge is -2.25. The Kier molecular flexibility index (Phi) is 2.94. The van der Waals surface area contributed by atoms with Crippen molar-refractivity contribution >= 4 is 11.9 Å². The van der Waals surface area contributed by atoms with Crippen LogP contribution in [0.4, 0.5) is 0 Å². The summed E-state index contributed by atoms with van der Waals surface area (Å²) in [6, 6.07) is 1.41. The van der Waals surface area contributed by atoms with E-state index >= 15 is 0 Å². The number of piperidine rings is 1. The van der Waals surface area contributed by atoms with Gasteiger partial charge in [0, 0.05) is 13.0 Å². The van der Waals surface area contributed by atoms with Crippen LogP contribution in [0.25, 0.3) is 0 Å². The van der Waals surface area contributed by atoms with Gasteiger partial charge in [0.05, 0.1) is 12.8 Å². The van der Waals surface area contributed by atoms with Crippen LogP contribution >= 0.6 is 0 Å². The van der Waals surface area contributed by atoms with Crippen LogP contribution in [0.5, 0.6) is 0 Å². The highest BCUT2D eigenvalue weighted by molar-refractivity contribution is 5.88. The Morgan fingerprint density at radius 3 is 3.00 bits per heavy atom. The molecule has 86 valence electrons. The Balaban J connectivity index is 2.10. The van der Waals surface area contributed by atoms with Gasteiger partial charge in [0.1, 0.15) is 11.3 Å². The smallest absolute Gasteiger partial charge is 0.339 e. The highest BCUT2D eigenvalue weighted by Crippen LogP contribution is 2.17. The fourth-order valence-corrected chi connectivity index (χ4v) is 1.86. The molecule has 1 saturated heterocycles. The van der Waals surface area contributed by atoms with Gasteiger partial charge in [0.2, 0.25) is 5.91 Å². The van der Waals surface area contributed by atoms with Gasteiger partial charge in [-0.1, -0.05) is 0 Å². The van der Waals surface area contributed by atoms with Crippen LogP contribution in [-0.4, -0.2) is 28.4 Å². The van der Waals surface area contributed by atoms with Crippen LogP contribution < -0.4 is 0 Å². The molecule has 1 aliphatic rings. The van der Waals surface area contributed by atoms with Crippen molar-refractivity contribution in [2.75, 3.05) is 6.54 Å². The Hall–Kier alpha value is -1.78. The number of carbonyl (C=O) groups excluding carboxylic acids is 1. The molecule has 0 atom stereocenters. The normalized spacial score (nSPS) is 16.5. The molecule has 0 spiro atoms. The highest BCUT2D eigenvalue weighted by Gasteiger charge is 2.22. The second kappa shape index (κ2) is 4.38. The van der Waals surface area contributed by atoms with E-state index < -0.39 is 5.97 Å².